The summed E-state index contributed by atoms with van der Waals surface area (Å²) in [6.45, 7) is 0.593. The van der Waals surface area contributed by atoms with Gasteiger partial charge < -0.3 is 40.1 Å². The number of aliphatic hydroxyl groups excluding tert-OH is 5. The molecule has 7 atom stereocenters. The number of rotatable bonds is 6. The van der Waals surface area contributed by atoms with Gasteiger partial charge in [-0.2, -0.15) is 0 Å². The molecule has 1 heterocycles. The highest BCUT2D eigenvalue weighted by atomic mass is 31.2. The number of phosphoric acid groups is 1. The molecule has 1 aliphatic heterocycles. The first-order valence-electron chi connectivity index (χ1n) is 6.29. The van der Waals surface area contributed by atoms with Crippen LogP contribution in [0.25, 0.3) is 0 Å². The second-order valence-electron chi connectivity index (χ2n) is 5.00. The summed E-state index contributed by atoms with van der Waals surface area (Å²) in [5.74, 6) is 0. The molecule has 0 amide bonds. The first-order chi connectivity index (χ1) is 9.56. The van der Waals surface area contributed by atoms with Crippen LogP contribution in [-0.2, 0) is 13.8 Å². The lowest BCUT2D eigenvalue weighted by molar-refractivity contribution is -0.249. The molecule has 7 N–H and O–H groups in total. The van der Waals surface area contributed by atoms with Gasteiger partial charge in [-0.15, -0.1) is 0 Å². The van der Waals surface area contributed by atoms with Crippen molar-refractivity contribution >= 4 is 7.82 Å². The molecule has 1 saturated heterocycles. The fourth-order valence-corrected chi connectivity index (χ4v) is 2.76. The van der Waals surface area contributed by atoms with Crippen LogP contribution in [0.4, 0.5) is 0 Å². The molecule has 21 heavy (non-hydrogen) atoms. The summed E-state index contributed by atoms with van der Waals surface area (Å²) in [5, 5.41) is 47.6. The Morgan fingerprint density at radius 3 is 2.24 bits per heavy atom. The quantitative estimate of drug-likeness (QED) is 0.249. The smallest absolute Gasteiger partial charge is 0.394 e. The third-order valence-electron chi connectivity index (χ3n) is 3.20. The number of hydrogen-bond donors (Lipinski definition) is 7. The van der Waals surface area contributed by atoms with Gasteiger partial charge in [0.1, 0.15) is 30.5 Å². The maximum atomic E-state index is 10.7. The van der Waals surface area contributed by atoms with E-state index in [9.17, 15) is 25.0 Å². The van der Waals surface area contributed by atoms with E-state index in [0.717, 1.165) is 0 Å². The minimum absolute atomic E-state index is 0.204. The van der Waals surface area contributed by atoms with E-state index in [1.165, 1.54) is 6.92 Å². The lowest BCUT2D eigenvalue weighted by atomic mass is 9.90. The first-order valence-corrected chi connectivity index (χ1v) is 7.82. The van der Waals surface area contributed by atoms with Gasteiger partial charge >= 0.3 is 7.82 Å². The van der Waals surface area contributed by atoms with Crippen LogP contribution in [0, 0.1) is 0 Å². The van der Waals surface area contributed by atoms with Crippen LogP contribution in [0.1, 0.15) is 13.3 Å². The lowest BCUT2D eigenvalue weighted by Gasteiger charge is -2.42. The molecule has 0 aromatic rings. The molecule has 0 radical (unpaired) electrons. The molecule has 0 aromatic carbocycles. The van der Waals surface area contributed by atoms with Gasteiger partial charge in [0.2, 0.25) is 0 Å². The average Bonchev–Trinajstić information content (AvgIpc) is 2.36. The van der Waals surface area contributed by atoms with Gasteiger partial charge in [-0.25, -0.2) is 4.57 Å². The molecule has 1 fully saturated rings. The maximum Gasteiger partial charge on any atom is 0.469 e. The molecule has 1 rings (SSSR count). The van der Waals surface area contributed by atoms with Crippen LogP contribution in [-0.4, -0.2) is 84.7 Å². The summed E-state index contributed by atoms with van der Waals surface area (Å²) in [4.78, 5) is 17.4. The van der Waals surface area contributed by atoms with Crippen LogP contribution in [0.3, 0.4) is 0 Å². The van der Waals surface area contributed by atoms with Gasteiger partial charge in [0, 0.05) is 6.42 Å². The van der Waals surface area contributed by atoms with Gasteiger partial charge in [0.15, 0.2) is 0 Å². The molecular weight excluding hydrogens is 311 g/mol. The average molecular weight is 332 g/mol. The zero-order valence-corrected chi connectivity index (χ0v) is 12.2. The first kappa shape index (κ1) is 18.9. The summed E-state index contributed by atoms with van der Waals surface area (Å²) < 4.78 is 20.3. The van der Waals surface area contributed by atoms with E-state index in [1.54, 1.807) is 0 Å². The van der Waals surface area contributed by atoms with Gasteiger partial charge in [-0.05, 0) is 6.92 Å². The van der Waals surface area contributed by atoms with Crippen molar-refractivity contribution in [3.05, 3.63) is 0 Å². The standard InChI is InChI=1S/C10H21O10P/c1-4(20-21(16,17)18)2-6-7(13)8(14)9(15)10(19-6)5(12)3-11/h4-15H,2-3H2,1H3,(H2,16,17,18)/t4-,5+,6+,7-,8-,9+,10-/m1/s1. The van der Waals surface area contributed by atoms with Crippen LogP contribution in [0.15, 0.2) is 0 Å². The number of hydrogen-bond acceptors (Lipinski definition) is 8. The van der Waals surface area contributed by atoms with Crippen LogP contribution >= 0.6 is 7.82 Å². The van der Waals surface area contributed by atoms with E-state index in [4.69, 9.17) is 19.6 Å². The molecule has 126 valence electrons. The van der Waals surface area contributed by atoms with Crippen molar-refractivity contribution in [2.24, 2.45) is 0 Å². The van der Waals surface area contributed by atoms with Gasteiger partial charge in [-0.1, -0.05) is 0 Å². The van der Waals surface area contributed by atoms with E-state index in [2.05, 4.69) is 4.52 Å². The summed E-state index contributed by atoms with van der Waals surface area (Å²) in [6.07, 6.45) is -9.98. The molecular formula is C10H21O10P. The molecule has 0 aliphatic carbocycles. The molecule has 10 nitrogen and oxygen atoms in total. The predicted octanol–water partition coefficient (Wildman–Crippen LogP) is -2.92. The predicted molar refractivity (Wildman–Crippen MR) is 67.0 cm³/mol. The van der Waals surface area contributed by atoms with Crippen molar-refractivity contribution in [2.75, 3.05) is 6.61 Å². The second kappa shape index (κ2) is 7.42. The zero-order valence-electron chi connectivity index (χ0n) is 11.3. The van der Waals surface area contributed by atoms with E-state index in [1.807, 2.05) is 0 Å². The van der Waals surface area contributed by atoms with Gasteiger partial charge in [0.25, 0.3) is 0 Å². The number of ether oxygens (including phenoxy) is 1. The van der Waals surface area contributed by atoms with Crippen molar-refractivity contribution in [1.82, 2.24) is 0 Å². The summed E-state index contributed by atoms with van der Waals surface area (Å²) in [5.41, 5.74) is 0. The molecule has 11 heteroatoms. The summed E-state index contributed by atoms with van der Waals surface area (Å²) in [6, 6.07) is 0. The van der Waals surface area contributed by atoms with Gasteiger partial charge in [0.05, 0.1) is 18.8 Å². The SMILES string of the molecule is C[C@H](C[C@@H]1O[C@H]([C@@H](O)CO)[C@@H](O)[C@H](O)[C@@H]1O)OP(=O)(O)O. The monoisotopic (exact) mass is 332 g/mol. The number of phosphoric ester groups is 1. The van der Waals surface area contributed by atoms with E-state index >= 15 is 0 Å². The Bertz CT molecular complexity index is 373. The van der Waals surface area contributed by atoms with Crippen LogP contribution in [0.2, 0.25) is 0 Å². The largest absolute Gasteiger partial charge is 0.469 e. The Hall–Kier alpha value is -0.130. The van der Waals surface area contributed by atoms with Crippen molar-refractivity contribution in [3.63, 3.8) is 0 Å². The minimum Gasteiger partial charge on any atom is -0.394 e. The highest BCUT2D eigenvalue weighted by molar-refractivity contribution is 7.46. The Morgan fingerprint density at radius 1 is 1.19 bits per heavy atom. The lowest BCUT2D eigenvalue weighted by Crippen LogP contribution is -2.61. The van der Waals surface area contributed by atoms with Crippen molar-refractivity contribution < 1.29 is 49.1 Å². The van der Waals surface area contributed by atoms with Crippen LogP contribution in [0.5, 0.6) is 0 Å². The molecule has 0 unspecified atom stereocenters. The molecule has 0 aromatic heterocycles. The molecule has 0 bridgehead atoms. The Balaban J connectivity index is 2.74. The zero-order chi connectivity index (χ0) is 16.4. The Kier molecular flexibility index (Phi) is 6.69. The minimum atomic E-state index is -4.72. The van der Waals surface area contributed by atoms with Crippen LogP contribution < -0.4 is 0 Å². The third kappa shape index (κ3) is 5.22. The highest BCUT2D eigenvalue weighted by Crippen LogP contribution is 2.39. The second-order valence-corrected chi connectivity index (χ2v) is 6.20. The number of aliphatic hydroxyl groups is 5. The highest BCUT2D eigenvalue weighted by Gasteiger charge is 2.46. The van der Waals surface area contributed by atoms with Gasteiger partial charge in [-0.3, -0.25) is 4.52 Å². The van der Waals surface area contributed by atoms with E-state index < -0.39 is 57.2 Å². The molecule has 1 aliphatic rings. The van der Waals surface area contributed by atoms with E-state index in [-0.39, 0.29) is 6.42 Å². The summed E-state index contributed by atoms with van der Waals surface area (Å²) in [7, 11) is -4.72. The molecule has 0 spiro atoms. The normalized spacial score (nSPS) is 37.2. The topological polar surface area (TPSA) is 177 Å². The van der Waals surface area contributed by atoms with Crippen molar-refractivity contribution in [3.8, 4) is 0 Å². The third-order valence-corrected chi connectivity index (χ3v) is 3.83. The van der Waals surface area contributed by atoms with Crippen molar-refractivity contribution in [1.29, 1.82) is 0 Å². The summed E-state index contributed by atoms with van der Waals surface area (Å²) >= 11 is 0. The fourth-order valence-electron chi connectivity index (χ4n) is 2.20. The Morgan fingerprint density at radius 2 is 1.76 bits per heavy atom. The van der Waals surface area contributed by atoms with Crippen molar-refractivity contribution in [2.45, 2.75) is 56.1 Å². The molecule has 0 saturated carbocycles. The maximum absolute atomic E-state index is 10.7. The van der Waals surface area contributed by atoms with E-state index in [0.29, 0.717) is 0 Å². The fraction of sp³-hybridized carbons (Fsp3) is 1.00. The Labute approximate surface area is 120 Å².